The molecule has 0 aliphatic carbocycles. The predicted molar refractivity (Wildman–Crippen MR) is 121 cm³/mol. The highest BCUT2D eigenvalue weighted by Gasteiger charge is 2.12. The molecule has 0 aliphatic heterocycles. The van der Waals surface area contributed by atoms with Crippen molar-refractivity contribution in [2.24, 2.45) is 5.73 Å². The Morgan fingerprint density at radius 2 is 1.62 bits per heavy atom. The van der Waals surface area contributed by atoms with Gasteiger partial charge in [-0.05, 0) is 55.2 Å². The van der Waals surface area contributed by atoms with Crippen LogP contribution >= 0.6 is 12.8 Å². The van der Waals surface area contributed by atoms with Crippen LogP contribution in [0.5, 0.6) is 17.2 Å². The van der Waals surface area contributed by atoms with Crippen LogP contribution in [0.1, 0.15) is 61.2 Å². The maximum absolute atomic E-state index is 11.3. The third-order valence-electron chi connectivity index (χ3n) is 3.74. The molecule has 0 fully saturated rings. The van der Waals surface area contributed by atoms with Crippen LogP contribution in [-0.2, 0) is 11.2 Å². The van der Waals surface area contributed by atoms with E-state index in [0.29, 0.717) is 24.3 Å². The molecule has 4 N–H and O–H groups in total. The number of rotatable bonds is 6. The third kappa shape index (κ3) is 8.07. The highest BCUT2D eigenvalue weighted by atomic mass is 32.1. The topological polar surface area (TPSA) is 102 Å². The van der Waals surface area contributed by atoms with E-state index in [1.54, 1.807) is 6.07 Å². The van der Waals surface area contributed by atoms with Crippen LogP contribution < -0.4 is 15.2 Å². The lowest BCUT2D eigenvalue weighted by Crippen LogP contribution is -2.12. The molecule has 0 spiro atoms. The minimum Gasteiger partial charge on any atom is -0.507 e. The Labute approximate surface area is 179 Å². The van der Waals surface area contributed by atoms with Gasteiger partial charge in [-0.15, -0.1) is 0 Å². The van der Waals surface area contributed by atoms with Gasteiger partial charge in [0.25, 0.3) is 5.91 Å². The van der Waals surface area contributed by atoms with Crippen LogP contribution in [0.4, 0.5) is 0 Å². The Balaban J connectivity index is 0.00000184. The summed E-state index contributed by atoms with van der Waals surface area (Å²) in [5, 5.41) is 9.65. The minimum atomic E-state index is -0.728. The van der Waals surface area contributed by atoms with Crippen LogP contribution in [0, 0.1) is 13.8 Å². The number of thiol groups is 1. The normalized spacial score (nSPS) is 9.34. The molecule has 2 amide bonds. The van der Waals surface area contributed by atoms with Gasteiger partial charge in [-0.25, -0.2) is 0 Å². The largest absolute Gasteiger partial charge is 0.507 e. The maximum atomic E-state index is 11.3. The number of aryl methyl sites for hydroxylation is 3. The first-order chi connectivity index (χ1) is 13.8. The third-order valence-corrected chi connectivity index (χ3v) is 3.99. The van der Waals surface area contributed by atoms with Crippen LogP contribution in [0.2, 0.25) is 0 Å². The van der Waals surface area contributed by atoms with E-state index in [1.165, 1.54) is 12.1 Å². The van der Waals surface area contributed by atoms with Crippen molar-refractivity contribution in [2.45, 2.75) is 54.4 Å². The summed E-state index contributed by atoms with van der Waals surface area (Å²) in [4.78, 5) is 22.6. The van der Waals surface area contributed by atoms with Crippen LogP contribution in [-0.4, -0.2) is 16.9 Å². The molecule has 0 aliphatic rings. The summed E-state index contributed by atoms with van der Waals surface area (Å²) in [6.45, 7) is 11.8. The number of aromatic hydroxyl groups is 1. The summed E-state index contributed by atoms with van der Waals surface area (Å²) in [7, 11) is 0. The van der Waals surface area contributed by atoms with Gasteiger partial charge in [-0.1, -0.05) is 52.6 Å². The molecule has 0 aromatic heterocycles. The standard InChI is InChI=1S/C18H20N2O4S.2C2H6/c1-10-7-12(3-6-16(22)20-25)8-11(2)17(10)24-13-4-5-15(21)14(9-13)18(19)23;2*1-2/h4-5,7-9,21,25H,3,6H2,1-2H3,(H2,19,23)(H,20,22);2*1-2H3. The van der Waals surface area contributed by atoms with Crippen molar-refractivity contribution in [3.63, 3.8) is 0 Å². The van der Waals surface area contributed by atoms with E-state index in [9.17, 15) is 14.7 Å². The van der Waals surface area contributed by atoms with Crippen molar-refractivity contribution in [3.05, 3.63) is 52.6 Å². The number of carbonyl (C=O) groups is 2. The number of carbonyl (C=O) groups excluding carboxylic acids is 2. The molecule has 0 radical (unpaired) electrons. The SMILES string of the molecule is CC.CC.Cc1cc(CCC(=O)NS)cc(C)c1Oc1ccc(O)c(C(N)=O)c1. The van der Waals surface area contributed by atoms with E-state index in [0.717, 1.165) is 16.7 Å². The van der Waals surface area contributed by atoms with Gasteiger partial charge >= 0.3 is 0 Å². The van der Waals surface area contributed by atoms with Gasteiger partial charge in [0.2, 0.25) is 5.91 Å². The molecule has 0 saturated heterocycles. The zero-order chi connectivity index (χ0) is 22.6. The smallest absolute Gasteiger partial charge is 0.252 e. The van der Waals surface area contributed by atoms with Gasteiger partial charge < -0.3 is 20.3 Å². The van der Waals surface area contributed by atoms with Crippen molar-refractivity contribution in [1.29, 1.82) is 0 Å². The number of phenols is 1. The van der Waals surface area contributed by atoms with Crippen LogP contribution in [0.3, 0.4) is 0 Å². The molecule has 0 heterocycles. The molecule has 7 heteroatoms. The zero-order valence-corrected chi connectivity index (χ0v) is 18.9. The Kier molecular flexibility index (Phi) is 12.3. The van der Waals surface area contributed by atoms with Crippen molar-refractivity contribution in [3.8, 4) is 17.2 Å². The van der Waals surface area contributed by atoms with E-state index >= 15 is 0 Å². The van der Waals surface area contributed by atoms with E-state index < -0.39 is 5.91 Å². The van der Waals surface area contributed by atoms with Gasteiger partial charge in [0.1, 0.15) is 17.2 Å². The lowest BCUT2D eigenvalue weighted by molar-refractivity contribution is -0.119. The fraction of sp³-hybridized carbons (Fsp3) is 0.364. The van der Waals surface area contributed by atoms with Gasteiger partial charge in [0, 0.05) is 6.42 Å². The fourth-order valence-electron chi connectivity index (χ4n) is 2.55. The van der Waals surface area contributed by atoms with Gasteiger partial charge in [-0.2, -0.15) is 0 Å². The number of nitrogens with one attached hydrogen (secondary N) is 1. The second-order valence-electron chi connectivity index (χ2n) is 5.74. The van der Waals surface area contributed by atoms with E-state index in [-0.39, 0.29) is 17.2 Å². The number of primary amides is 1. The zero-order valence-electron chi connectivity index (χ0n) is 18.0. The summed E-state index contributed by atoms with van der Waals surface area (Å²) in [5.74, 6) is 0.00543. The molecule has 0 atom stereocenters. The van der Waals surface area contributed by atoms with E-state index in [1.807, 2.05) is 53.7 Å². The summed E-state index contributed by atoms with van der Waals surface area (Å²) >= 11 is 3.73. The quantitative estimate of drug-likeness (QED) is 0.502. The Morgan fingerprint density at radius 1 is 1.07 bits per heavy atom. The molecule has 29 heavy (non-hydrogen) atoms. The first-order valence-corrected chi connectivity index (χ1v) is 10.1. The monoisotopic (exact) mass is 420 g/mol. The second-order valence-corrected chi connectivity index (χ2v) is 5.96. The highest BCUT2D eigenvalue weighted by Crippen LogP contribution is 2.32. The number of benzene rings is 2. The lowest BCUT2D eigenvalue weighted by Gasteiger charge is -2.14. The molecule has 0 saturated carbocycles. The average molecular weight is 421 g/mol. The van der Waals surface area contributed by atoms with Crippen molar-refractivity contribution in [1.82, 2.24) is 4.72 Å². The first-order valence-electron chi connectivity index (χ1n) is 9.65. The van der Waals surface area contributed by atoms with Gasteiger partial charge in [-0.3, -0.25) is 9.59 Å². The summed E-state index contributed by atoms with van der Waals surface area (Å²) < 4.78 is 8.18. The number of hydrogen-bond acceptors (Lipinski definition) is 5. The molecule has 2 aromatic carbocycles. The Bertz CT molecular complexity index is 799. The summed E-state index contributed by atoms with van der Waals surface area (Å²) in [5.41, 5.74) is 8.05. The first kappa shape index (κ1) is 26.3. The average Bonchev–Trinajstić information content (AvgIpc) is 2.72. The van der Waals surface area contributed by atoms with Gasteiger partial charge in [0.15, 0.2) is 0 Å². The second kappa shape index (κ2) is 13.5. The number of nitrogens with two attached hydrogens (primary N) is 1. The molecule has 2 aromatic rings. The molecule has 6 nitrogen and oxygen atoms in total. The van der Waals surface area contributed by atoms with Crippen LogP contribution in [0.25, 0.3) is 0 Å². The minimum absolute atomic E-state index is 0.00203. The number of amides is 2. The molecular weight excluding hydrogens is 388 g/mol. The van der Waals surface area contributed by atoms with Crippen molar-refractivity contribution in [2.75, 3.05) is 0 Å². The summed E-state index contributed by atoms with van der Waals surface area (Å²) in [6, 6.07) is 8.23. The van der Waals surface area contributed by atoms with Gasteiger partial charge in [0.05, 0.1) is 5.56 Å². The maximum Gasteiger partial charge on any atom is 0.252 e. The highest BCUT2D eigenvalue weighted by molar-refractivity contribution is 7.78. The molecule has 160 valence electrons. The predicted octanol–water partition coefficient (Wildman–Crippen LogP) is 4.85. The van der Waals surface area contributed by atoms with Crippen LogP contribution in [0.15, 0.2) is 30.3 Å². The Morgan fingerprint density at radius 3 is 2.10 bits per heavy atom. The molecular formula is C22H32N2O4S. The van der Waals surface area contributed by atoms with E-state index in [2.05, 4.69) is 17.5 Å². The summed E-state index contributed by atoms with van der Waals surface area (Å²) in [6.07, 6.45) is 0.946. The molecule has 0 unspecified atom stereocenters. The van der Waals surface area contributed by atoms with Crippen molar-refractivity contribution < 1.29 is 19.4 Å². The van der Waals surface area contributed by atoms with Crippen molar-refractivity contribution >= 4 is 24.6 Å². The Hall–Kier alpha value is -2.67. The number of hydrogen-bond donors (Lipinski definition) is 4. The molecule has 0 bridgehead atoms. The number of ether oxygens (including phenoxy) is 1. The lowest BCUT2D eigenvalue weighted by atomic mass is 10.0. The fourth-order valence-corrected chi connectivity index (χ4v) is 2.66. The molecule has 2 rings (SSSR count). The van der Waals surface area contributed by atoms with E-state index in [4.69, 9.17) is 10.5 Å².